The zero-order chi connectivity index (χ0) is 23.2. The molecule has 0 unspecified atom stereocenters. The van der Waals surface area contributed by atoms with E-state index in [9.17, 15) is 18.0 Å². The summed E-state index contributed by atoms with van der Waals surface area (Å²) in [6.45, 7) is 8.64. The number of ether oxygens (including phenoxy) is 1. The van der Waals surface area contributed by atoms with Gasteiger partial charge in [-0.15, -0.1) is 0 Å². The van der Waals surface area contributed by atoms with Crippen molar-refractivity contribution in [1.29, 1.82) is 0 Å². The normalized spacial score (nSPS) is 12.8. The Bertz CT molecular complexity index is 1070. The highest BCUT2D eigenvalue weighted by Crippen LogP contribution is 2.16. The molecular weight excluding hydrogens is 414 g/mol. The van der Waals surface area contributed by atoms with E-state index in [0.717, 1.165) is 22.1 Å². The summed E-state index contributed by atoms with van der Waals surface area (Å²) in [6, 6.07) is 11.5. The van der Waals surface area contributed by atoms with Crippen LogP contribution in [-0.4, -0.2) is 32.8 Å². The Kier molecular flexibility index (Phi) is 8.30. The number of ketones is 1. The molecule has 2 aromatic rings. The third-order valence-corrected chi connectivity index (χ3v) is 6.01. The predicted molar refractivity (Wildman–Crippen MR) is 122 cm³/mol. The number of Topliss-reactive ketones (excluding diaryl/α,β-unsaturated/α-hetero) is 1. The van der Waals surface area contributed by atoms with Gasteiger partial charge in [-0.2, -0.15) is 4.72 Å². The van der Waals surface area contributed by atoms with Gasteiger partial charge in [0, 0.05) is 11.0 Å². The van der Waals surface area contributed by atoms with Crippen LogP contribution in [0.4, 0.5) is 0 Å². The summed E-state index contributed by atoms with van der Waals surface area (Å²) < 4.78 is 32.4. The maximum Gasteiger partial charge on any atom is 0.324 e. The molecule has 0 aliphatic carbocycles. The molecule has 6 nitrogen and oxygen atoms in total. The first-order valence-corrected chi connectivity index (χ1v) is 11.6. The Balaban J connectivity index is 2.06. The molecule has 0 aliphatic rings. The van der Waals surface area contributed by atoms with Gasteiger partial charge in [0.25, 0.3) is 0 Å². The summed E-state index contributed by atoms with van der Waals surface area (Å²) >= 11 is 0. The highest BCUT2D eigenvalue weighted by molar-refractivity contribution is 7.92. The lowest BCUT2D eigenvalue weighted by atomic mass is 9.98. The van der Waals surface area contributed by atoms with E-state index in [4.69, 9.17) is 4.74 Å². The summed E-state index contributed by atoms with van der Waals surface area (Å²) in [6.07, 6.45) is 1.44. The number of aryl methyl sites for hydroxylation is 3. The van der Waals surface area contributed by atoms with Gasteiger partial charge in [0.1, 0.15) is 6.04 Å². The highest BCUT2D eigenvalue weighted by atomic mass is 32.2. The van der Waals surface area contributed by atoms with Crippen LogP contribution < -0.4 is 4.72 Å². The van der Waals surface area contributed by atoms with Crippen LogP contribution in [0.3, 0.4) is 0 Å². The molecule has 2 rings (SSSR count). The lowest BCUT2D eigenvalue weighted by molar-refractivity contribution is -0.145. The fourth-order valence-electron chi connectivity index (χ4n) is 2.97. The minimum absolute atomic E-state index is 0.330. The van der Waals surface area contributed by atoms with Crippen LogP contribution in [0.1, 0.15) is 46.5 Å². The van der Waals surface area contributed by atoms with E-state index < -0.39 is 28.6 Å². The molecule has 1 N–H and O–H groups in total. The predicted octanol–water partition coefficient (Wildman–Crippen LogP) is 3.95. The van der Waals surface area contributed by atoms with Gasteiger partial charge in [-0.25, -0.2) is 8.42 Å². The quantitative estimate of drug-likeness (QED) is 0.468. The summed E-state index contributed by atoms with van der Waals surface area (Å²) in [4.78, 5) is 25.1. The van der Waals surface area contributed by atoms with E-state index in [1.54, 1.807) is 44.2 Å². The highest BCUT2D eigenvalue weighted by Gasteiger charge is 2.28. The van der Waals surface area contributed by atoms with Crippen molar-refractivity contribution in [1.82, 2.24) is 4.72 Å². The molecule has 1 atom stereocenters. The van der Waals surface area contributed by atoms with Crippen molar-refractivity contribution in [3.05, 3.63) is 75.7 Å². The van der Waals surface area contributed by atoms with E-state index in [1.165, 1.54) is 6.08 Å². The van der Waals surface area contributed by atoms with Crippen molar-refractivity contribution in [3.8, 4) is 0 Å². The number of sulfonamides is 1. The second kappa shape index (κ2) is 10.5. The lowest BCUT2D eigenvalue weighted by Crippen LogP contribution is -2.45. The second-order valence-corrected chi connectivity index (χ2v) is 9.48. The summed E-state index contributed by atoms with van der Waals surface area (Å²) in [5, 5.41) is 1.01. The Morgan fingerprint density at radius 2 is 1.61 bits per heavy atom. The SMILES string of the molecule is Cc1cc(C)c(C(=O)COC(=O)[C@@H](NS(=O)(=O)/C=C/c2ccccc2)C(C)C)cc1C. The summed E-state index contributed by atoms with van der Waals surface area (Å²) in [7, 11) is -3.89. The minimum atomic E-state index is -3.89. The van der Waals surface area contributed by atoms with E-state index in [0.29, 0.717) is 11.1 Å². The van der Waals surface area contributed by atoms with Crippen molar-refractivity contribution in [2.45, 2.75) is 40.7 Å². The van der Waals surface area contributed by atoms with Crippen LogP contribution in [0.15, 0.2) is 47.9 Å². The van der Waals surface area contributed by atoms with Crippen LogP contribution in [0.5, 0.6) is 0 Å². The average Bonchev–Trinajstić information content (AvgIpc) is 2.72. The van der Waals surface area contributed by atoms with Gasteiger partial charge in [-0.1, -0.05) is 50.2 Å². The molecule has 166 valence electrons. The third-order valence-electron chi connectivity index (χ3n) is 4.94. The summed E-state index contributed by atoms with van der Waals surface area (Å²) in [5.74, 6) is -1.49. The standard InChI is InChI=1S/C24H29NO5S/c1-16(2)23(25-31(28,29)12-11-20-9-7-6-8-10-20)24(27)30-15-22(26)21-14-18(4)17(3)13-19(21)5/h6-14,16,23,25H,15H2,1-5H3/b12-11+/t23-/m0/s1. The molecule has 0 fully saturated rings. The number of esters is 1. The molecule has 0 aromatic heterocycles. The van der Waals surface area contributed by atoms with Crippen LogP contribution in [-0.2, 0) is 19.6 Å². The smallest absolute Gasteiger partial charge is 0.324 e. The number of rotatable bonds is 9. The minimum Gasteiger partial charge on any atom is -0.456 e. The van der Waals surface area contributed by atoms with Gasteiger partial charge in [0.2, 0.25) is 15.8 Å². The van der Waals surface area contributed by atoms with Crippen LogP contribution in [0.25, 0.3) is 6.08 Å². The Morgan fingerprint density at radius 1 is 1.00 bits per heavy atom. The van der Waals surface area contributed by atoms with Crippen molar-refractivity contribution in [3.63, 3.8) is 0 Å². The third kappa shape index (κ3) is 7.15. The Morgan fingerprint density at radius 3 is 2.23 bits per heavy atom. The fraction of sp³-hybridized carbons (Fsp3) is 0.333. The molecule has 31 heavy (non-hydrogen) atoms. The molecule has 0 amide bonds. The first kappa shape index (κ1) is 24.5. The van der Waals surface area contributed by atoms with Crippen LogP contribution >= 0.6 is 0 Å². The van der Waals surface area contributed by atoms with Crippen molar-refractivity contribution in [2.75, 3.05) is 6.61 Å². The fourth-order valence-corrected chi connectivity index (χ4v) is 4.11. The Hall–Kier alpha value is -2.77. The van der Waals surface area contributed by atoms with Gasteiger partial charge in [0.15, 0.2) is 6.61 Å². The first-order valence-electron chi connectivity index (χ1n) is 10.0. The van der Waals surface area contributed by atoms with E-state index in [1.807, 2.05) is 32.9 Å². The van der Waals surface area contributed by atoms with Crippen LogP contribution in [0, 0.1) is 26.7 Å². The first-order chi connectivity index (χ1) is 14.5. The van der Waals surface area contributed by atoms with E-state index in [2.05, 4.69) is 4.72 Å². The Labute approximate surface area is 184 Å². The molecule has 2 aromatic carbocycles. The van der Waals surface area contributed by atoms with Crippen molar-refractivity contribution in [2.24, 2.45) is 5.92 Å². The van der Waals surface area contributed by atoms with Gasteiger partial charge < -0.3 is 4.74 Å². The number of benzene rings is 2. The number of hydrogen-bond donors (Lipinski definition) is 1. The number of carbonyl (C=O) groups excluding carboxylic acids is 2. The zero-order valence-corrected chi connectivity index (χ0v) is 19.3. The lowest BCUT2D eigenvalue weighted by Gasteiger charge is -2.20. The molecule has 0 saturated carbocycles. The van der Waals surface area contributed by atoms with Gasteiger partial charge in [-0.05, 0) is 61.1 Å². The number of nitrogens with one attached hydrogen (secondary N) is 1. The monoisotopic (exact) mass is 443 g/mol. The topological polar surface area (TPSA) is 89.5 Å². The van der Waals surface area contributed by atoms with Gasteiger partial charge in [-0.3, -0.25) is 9.59 Å². The van der Waals surface area contributed by atoms with E-state index >= 15 is 0 Å². The molecule has 0 saturated heterocycles. The molecule has 0 radical (unpaired) electrons. The van der Waals surface area contributed by atoms with Crippen LogP contribution in [0.2, 0.25) is 0 Å². The maximum absolute atomic E-state index is 12.6. The van der Waals surface area contributed by atoms with Crippen molar-refractivity contribution >= 4 is 27.9 Å². The number of hydrogen-bond acceptors (Lipinski definition) is 5. The molecule has 0 aliphatic heterocycles. The van der Waals surface area contributed by atoms with Crippen molar-refractivity contribution < 1.29 is 22.7 Å². The average molecular weight is 444 g/mol. The molecule has 0 bridgehead atoms. The molecular formula is C24H29NO5S. The molecule has 0 heterocycles. The second-order valence-electron chi connectivity index (χ2n) is 7.88. The van der Waals surface area contributed by atoms with Gasteiger partial charge >= 0.3 is 5.97 Å². The molecule has 7 heteroatoms. The largest absolute Gasteiger partial charge is 0.456 e. The van der Waals surface area contributed by atoms with E-state index in [-0.39, 0.29) is 11.7 Å². The number of carbonyl (C=O) groups is 2. The molecule has 0 spiro atoms. The maximum atomic E-state index is 12.6. The zero-order valence-electron chi connectivity index (χ0n) is 18.5. The summed E-state index contributed by atoms with van der Waals surface area (Å²) in [5.41, 5.74) is 4.05. The van der Waals surface area contributed by atoms with Gasteiger partial charge in [0.05, 0.1) is 0 Å².